The summed E-state index contributed by atoms with van der Waals surface area (Å²) in [4.78, 5) is 35.1. The Labute approximate surface area is 125 Å². The fourth-order valence-electron chi connectivity index (χ4n) is 2.09. The molecule has 0 radical (unpaired) electrons. The largest absolute Gasteiger partial charge is 0.423 e. The van der Waals surface area contributed by atoms with Crippen LogP contribution in [0.5, 0.6) is 0 Å². The molecule has 11 heteroatoms. The van der Waals surface area contributed by atoms with Gasteiger partial charge in [-0.15, -0.1) is 0 Å². The molecule has 0 saturated heterocycles. The van der Waals surface area contributed by atoms with Crippen molar-refractivity contribution in [2.75, 3.05) is 13.7 Å². The standard InChI is InChI=1S/C12H10F3N3O5/c1-23-3-2-17-9-5-8(18(21)22)6(12(13,14)15)4-7(9)16-10(19)11(17)20/h4-5H,2-3H2,1H3,(H,16,19). The Kier molecular flexibility index (Phi) is 4.23. The molecule has 8 nitrogen and oxygen atoms in total. The molecule has 23 heavy (non-hydrogen) atoms. The van der Waals surface area contributed by atoms with E-state index in [2.05, 4.69) is 0 Å². The predicted molar refractivity (Wildman–Crippen MR) is 72.4 cm³/mol. The first-order valence-corrected chi connectivity index (χ1v) is 6.18. The molecule has 124 valence electrons. The van der Waals surface area contributed by atoms with Crippen LogP contribution in [0, 0.1) is 10.1 Å². The molecule has 2 aromatic rings. The highest BCUT2D eigenvalue weighted by atomic mass is 19.4. The van der Waals surface area contributed by atoms with Gasteiger partial charge >= 0.3 is 17.3 Å². The van der Waals surface area contributed by atoms with E-state index in [-0.39, 0.29) is 24.2 Å². The normalized spacial score (nSPS) is 11.8. The maximum absolute atomic E-state index is 12.9. The Morgan fingerprint density at radius 3 is 2.52 bits per heavy atom. The van der Waals surface area contributed by atoms with E-state index in [4.69, 9.17) is 4.74 Å². The highest BCUT2D eigenvalue weighted by molar-refractivity contribution is 5.79. The summed E-state index contributed by atoms with van der Waals surface area (Å²) < 4.78 is 44.4. The van der Waals surface area contributed by atoms with Gasteiger partial charge in [0.2, 0.25) is 0 Å². The smallest absolute Gasteiger partial charge is 0.383 e. The van der Waals surface area contributed by atoms with E-state index in [0.717, 1.165) is 4.57 Å². The molecule has 0 saturated carbocycles. The van der Waals surface area contributed by atoms with Crippen LogP contribution in [0.2, 0.25) is 0 Å². The second kappa shape index (κ2) is 5.83. The molecule has 0 atom stereocenters. The maximum atomic E-state index is 12.9. The Hall–Kier alpha value is -2.69. The number of nitro benzene ring substituents is 1. The van der Waals surface area contributed by atoms with Crippen molar-refractivity contribution in [2.45, 2.75) is 12.7 Å². The maximum Gasteiger partial charge on any atom is 0.423 e. The summed E-state index contributed by atoms with van der Waals surface area (Å²) in [7, 11) is 1.32. The second-order valence-electron chi connectivity index (χ2n) is 4.55. The van der Waals surface area contributed by atoms with E-state index in [1.807, 2.05) is 4.98 Å². The number of nitrogens with one attached hydrogen (secondary N) is 1. The first-order valence-electron chi connectivity index (χ1n) is 6.18. The number of rotatable bonds is 4. The Morgan fingerprint density at radius 2 is 2.00 bits per heavy atom. The summed E-state index contributed by atoms with van der Waals surface area (Å²) in [5.74, 6) is 0. The highest BCUT2D eigenvalue weighted by Gasteiger charge is 2.39. The van der Waals surface area contributed by atoms with Gasteiger partial charge in [-0.05, 0) is 6.07 Å². The molecule has 0 spiro atoms. The van der Waals surface area contributed by atoms with Crippen molar-refractivity contribution in [1.29, 1.82) is 0 Å². The molecule has 2 rings (SSSR count). The van der Waals surface area contributed by atoms with Crippen LogP contribution in [0.15, 0.2) is 21.7 Å². The molecule has 0 bridgehead atoms. The van der Waals surface area contributed by atoms with Crippen molar-refractivity contribution in [1.82, 2.24) is 9.55 Å². The zero-order valence-corrected chi connectivity index (χ0v) is 11.6. The van der Waals surface area contributed by atoms with Crippen molar-refractivity contribution in [3.05, 3.63) is 48.5 Å². The summed E-state index contributed by atoms with van der Waals surface area (Å²) in [6.45, 7) is -0.147. The van der Waals surface area contributed by atoms with Gasteiger partial charge in [-0.3, -0.25) is 24.3 Å². The average Bonchev–Trinajstić information content (AvgIpc) is 2.45. The van der Waals surface area contributed by atoms with E-state index in [1.54, 1.807) is 0 Å². The third-order valence-electron chi connectivity index (χ3n) is 3.11. The van der Waals surface area contributed by atoms with Crippen LogP contribution in [0.3, 0.4) is 0 Å². The van der Waals surface area contributed by atoms with Gasteiger partial charge in [0.05, 0.1) is 22.6 Å². The average molecular weight is 333 g/mol. The molecular weight excluding hydrogens is 323 g/mol. The zero-order valence-electron chi connectivity index (χ0n) is 11.6. The number of aromatic nitrogens is 2. The number of hydrogen-bond donors (Lipinski definition) is 1. The van der Waals surface area contributed by atoms with Crippen molar-refractivity contribution >= 4 is 16.7 Å². The number of ether oxygens (including phenoxy) is 1. The van der Waals surface area contributed by atoms with Gasteiger partial charge in [0.25, 0.3) is 5.69 Å². The van der Waals surface area contributed by atoms with Crippen LogP contribution in [-0.2, 0) is 17.5 Å². The SMILES string of the molecule is COCCn1c(=O)c(=O)[nH]c2cc(C(F)(F)F)c([N+](=O)[O-])cc21. The van der Waals surface area contributed by atoms with Crippen LogP contribution in [0.1, 0.15) is 5.56 Å². The minimum atomic E-state index is -4.99. The number of hydrogen-bond acceptors (Lipinski definition) is 5. The molecule has 1 N–H and O–H groups in total. The number of nitro groups is 1. The molecule has 0 unspecified atom stereocenters. The third kappa shape index (κ3) is 3.08. The monoisotopic (exact) mass is 333 g/mol. The van der Waals surface area contributed by atoms with Crippen molar-refractivity contribution in [2.24, 2.45) is 0 Å². The highest BCUT2D eigenvalue weighted by Crippen LogP contribution is 2.37. The van der Waals surface area contributed by atoms with Gasteiger partial charge in [-0.2, -0.15) is 13.2 Å². The molecular formula is C12H10F3N3O5. The quantitative estimate of drug-likeness (QED) is 0.515. The van der Waals surface area contributed by atoms with E-state index in [1.165, 1.54) is 7.11 Å². The lowest BCUT2D eigenvalue weighted by Crippen LogP contribution is -2.37. The van der Waals surface area contributed by atoms with Crippen LogP contribution < -0.4 is 11.1 Å². The number of fused-ring (bicyclic) bond motifs is 1. The lowest BCUT2D eigenvalue weighted by atomic mass is 10.1. The molecule has 1 aromatic heterocycles. The number of nitrogens with zero attached hydrogens (tertiary/aromatic N) is 2. The Bertz CT molecular complexity index is 884. The molecule has 0 fully saturated rings. The number of alkyl halides is 3. The Balaban J connectivity index is 2.90. The summed E-state index contributed by atoms with van der Waals surface area (Å²) in [6.07, 6.45) is -4.99. The first-order chi connectivity index (χ1) is 10.7. The molecule has 1 heterocycles. The van der Waals surface area contributed by atoms with Crippen molar-refractivity contribution < 1.29 is 22.8 Å². The van der Waals surface area contributed by atoms with Gasteiger partial charge < -0.3 is 9.72 Å². The summed E-state index contributed by atoms with van der Waals surface area (Å²) in [5, 5.41) is 10.9. The van der Waals surface area contributed by atoms with Crippen molar-refractivity contribution in [3.8, 4) is 0 Å². The fraction of sp³-hybridized carbons (Fsp3) is 0.333. The van der Waals surface area contributed by atoms with E-state index in [9.17, 15) is 32.9 Å². The summed E-state index contributed by atoms with van der Waals surface area (Å²) in [6, 6.07) is 1.06. The van der Waals surface area contributed by atoms with E-state index in [0.29, 0.717) is 12.1 Å². The molecule has 0 aliphatic rings. The summed E-state index contributed by atoms with van der Waals surface area (Å²) >= 11 is 0. The number of methoxy groups -OCH3 is 1. The van der Waals surface area contributed by atoms with Crippen LogP contribution >= 0.6 is 0 Å². The van der Waals surface area contributed by atoms with Crippen LogP contribution in [0.25, 0.3) is 11.0 Å². The first kappa shape index (κ1) is 16.7. The van der Waals surface area contributed by atoms with Crippen LogP contribution in [0.4, 0.5) is 18.9 Å². The van der Waals surface area contributed by atoms with Gasteiger partial charge in [0.1, 0.15) is 5.56 Å². The number of aromatic amines is 1. The van der Waals surface area contributed by atoms with Crippen LogP contribution in [-0.4, -0.2) is 28.2 Å². The molecule has 0 aliphatic carbocycles. The lowest BCUT2D eigenvalue weighted by molar-refractivity contribution is -0.387. The van der Waals surface area contributed by atoms with Gasteiger partial charge in [-0.25, -0.2) is 0 Å². The minimum absolute atomic E-state index is 0.00667. The lowest BCUT2D eigenvalue weighted by Gasteiger charge is -2.12. The topological polar surface area (TPSA) is 107 Å². The number of benzene rings is 1. The number of halogens is 3. The minimum Gasteiger partial charge on any atom is -0.383 e. The zero-order chi connectivity index (χ0) is 17.4. The third-order valence-corrected chi connectivity index (χ3v) is 3.11. The molecule has 1 aromatic carbocycles. The van der Waals surface area contributed by atoms with Gasteiger partial charge in [-0.1, -0.05) is 0 Å². The second-order valence-corrected chi connectivity index (χ2v) is 4.55. The molecule has 0 aliphatic heterocycles. The fourth-order valence-corrected chi connectivity index (χ4v) is 2.09. The Morgan fingerprint density at radius 1 is 1.35 bits per heavy atom. The number of H-pyrrole nitrogens is 1. The van der Waals surface area contributed by atoms with Crippen molar-refractivity contribution in [3.63, 3.8) is 0 Å². The van der Waals surface area contributed by atoms with E-state index >= 15 is 0 Å². The predicted octanol–water partition coefficient (Wildman–Crippen LogP) is 1.26. The molecule has 0 amide bonds. The van der Waals surface area contributed by atoms with E-state index < -0.39 is 33.5 Å². The van der Waals surface area contributed by atoms with Gasteiger partial charge in [0.15, 0.2) is 0 Å². The van der Waals surface area contributed by atoms with Gasteiger partial charge in [0, 0.05) is 19.7 Å². The summed E-state index contributed by atoms with van der Waals surface area (Å²) in [5.41, 5.74) is -5.40.